The Kier molecular flexibility index (Phi) is 6.62. The number of nitrogens with one attached hydrogen (secondary N) is 1. The SMILES string of the molecule is CCCN(CCC)C(=O)N/C=C/c1ccccc1. The first-order chi connectivity index (χ1) is 8.77. The average Bonchev–Trinajstić information content (AvgIpc) is 2.39. The second-order valence-electron chi connectivity index (χ2n) is 4.18. The van der Waals surface area contributed by atoms with E-state index in [0.29, 0.717) is 0 Å². The Morgan fingerprint density at radius 3 is 2.33 bits per heavy atom. The largest absolute Gasteiger partial charge is 0.325 e. The summed E-state index contributed by atoms with van der Waals surface area (Å²) in [6.07, 6.45) is 5.57. The second-order valence-corrected chi connectivity index (χ2v) is 4.18. The molecule has 1 aromatic carbocycles. The van der Waals surface area contributed by atoms with E-state index < -0.39 is 0 Å². The van der Waals surface area contributed by atoms with Gasteiger partial charge < -0.3 is 10.2 Å². The van der Waals surface area contributed by atoms with Crippen LogP contribution in [0, 0.1) is 0 Å². The summed E-state index contributed by atoms with van der Waals surface area (Å²) in [5.74, 6) is 0. The minimum atomic E-state index is -0.0223. The van der Waals surface area contributed by atoms with Crippen molar-refractivity contribution >= 4 is 12.1 Å². The van der Waals surface area contributed by atoms with E-state index in [1.54, 1.807) is 6.20 Å². The van der Waals surface area contributed by atoms with Crippen molar-refractivity contribution in [2.75, 3.05) is 13.1 Å². The van der Waals surface area contributed by atoms with Crippen molar-refractivity contribution in [3.8, 4) is 0 Å². The summed E-state index contributed by atoms with van der Waals surface area (Å²) in [7, 11) is 0. The number of urea groups is 1. The van der Waals surface area contributed by atoms with Gasteiger partial charge in [-0.2, -0.15) is 0 Å². The molecule has 0 bridgehead atoms. The molecular weight excluding hydrogens is 224 g/mol. The molecule has 18 heavy (non-hydrogen) atoms. The number of rotatable bonds is 6. The smallest absolute Gasteiger partial charge is 0.321 e. The van der Waals surface area contributed by atoms with Gasteiger partial charge in [0, 0.05) is 19.3 Å². The summed E-state index contributed by atoms with van der Waals surface area (Å²) in [5.41, 5.74) is 1.08. The predicted molar refractivity (Wildman–Crippen MR) is 76.2 cm³/mol. The summed E-state index contributed by atoms with van der Waals surface area (Å²) in [4.78, 5) is 13.7. The maximum atomic E-state index is 11.9. The maximum absolute atomic E-state index is 11.9. The average molecular weight is 246 g/mol. The Morgan fingerprint density at radius 1 is 1.17 bits per heavy atom. The molecule has 0 spiro atoms. The molecule has 0 aliphatic rings. The number of carbonyl (C=O) groups excluding carboxylic acids is 1. The van der Waals surface area contributed by atoms with E-state index in [1.165, 1.54) is 0 Å². The van der Waals surface area contributed by atoms with Crippen LogP contribution in [-0.4, -0.2) is 24.0 Å². The molecule has 3 nitrogen and oxygen atoms in total. The highest BCUT2D eigenvalue weighted by Gasteiger charge is 2.08. The van der Waals surface area contributed by atoms with Gasteiger partial charge in [-0.3, -0.25) is 0 Å². The Hall–Kier alpha value is -1.77. The first kappa shape index (κ1) is 14.3. The fourth-order valence-electron chi connectivity index (χ4n) is 1.72. The lowest BCUT2D eigenvalue weighted by molar-refractivity contribution is 0.201. The van der Waals surface area contributed by atoms with E-state index in [4.69, 9.17) is 0 Å². The van der Waals surface area contributed by atoms with Gasteiger partial charge in [0.05, 0.1) is 0 Å². The summed E-state index contributed by atoms with van der Waals surface area (Å²) in [6, 6.07) is 9.90. The Morgan fingerprint density at radius 2 is 1.78 bits per heavy atom. The molecule has 1 aromatic rings. The van der Waals surface area contributed by atoms with Crippen LogP contribution in [0.25, 0.3) is 6.08 Å². The van der Waals surface area contributed by atoms with E-state index in [0.717, 1.165) is 31.5 Å². The number of hydrogen-bond acceptors (Lipinski definition) is 1. The molecule has 0 fully saturated rings. The van der Waals surface area contributed by atoms with Gasteiger partial charge in [0.25, 0.3) is 0 Å². The van der Waals surface area contributed by atoms with Crippen LogP contribution < -0.4 is 5.32 Å². The van der Waals surface area contributed by atoms with Crippen molar-refractivity contribution in [3.63, 3.8) is 0 Å². The van der Waals surface area contributed by atoms with Crippen LogP contribution in [-0.2, 0) is 0 Å². The van der Waals surface area contributed by atoms with Gasteiger partial charge >= 0.3 is 6.03 Å². The van der Waals surface area contributed by atoms with E-state index in [2.05, 4.69) is 19.2 Å². The maximum Gasteiger partial charge on any atom is 0.321 e. The third-order valence-corrected chi connectivity index (χ3v) is 2.56. The van der Waals surface area contributed by atoms with Crippen LogP contribution in [0.4, 0.5) is 4.79 Å². The standard InChI is InChI=1S/C15H22N2O/c1-3-12-17(13-4-2)15(18)16-11-10-14-8-6-5-7-9-14/h5-11H,3-4,12-13H2,1-2H3,(H,16,18)/b11-10+. The zero-order valence-corrected chi connectivity index (χ0v) is 11.2. The molecule has 98 valence electrons. The van der Waals surface area contributed by atoms with Crippen molar-refractivity contribution in [3.05, 3.63) is 42.1 Å². The van der Waals surface area contributed by atoms with Crippen LogP contribution in [0.3, 0.4) is 0 Å². The minimum Gasteiger partial charge on any atom is -0.325 e. The quantitative estimate of drug-likeness (QED) is 0.818. The second kappa shape index (κ2) is 8.34. The first-order valence-electron chi connectivity index (χ1n) is 6.55. The highest BCUT2D eigenvalue weighted by atomic mass is 16.2. The molecule has 0 radical (unpaired) electrons. The molecular formula is C15H22N2O. The molecule has 1 rings (SSSR count). The highest BCUT2D eigenvalue weighted by molar-refractivity contribution is 5.76. The summed E-state index contributed by atoms with van der Waals surface area (Å²) in [5, 5.41) is 2.81. The molecule has 0 unspecified atom stereocenters. The molecule has 0 aliphatic heterocycles. The van der Waals surface area contributed by atoms with Crippen LogP contribution in [0.2, 0.25) is 0 Å². The fraction of sp³-hybridized carbons (Fsp3) is 0.400. The normalized spacial score (nSPS) is 10.6. The molecule has 0 heterocycles. The van der Waals surface area contributed by atoms with Gasteiger partial charge in [0.2, 0.25) is 0 Å². The van der Waals surface area contributed by atoms with Gasteiger partial charge in [0.1, 0.15) is 0 Å². The van der Waals surface area contributed by atoms with E-state index in [-0.39, 0.29) is 6.03 Å². The van der Waals surface area contributed by atoms with Crippen LogP contribution in [0.1, 0.15) is 32.3 Å². The van der Waals surface area contributed by atoms with Gasteiger partial charge in [-0.1, -0.05) is 44.2 Å². The number of hydrogen-bond donors (Lipinski definition) is 1. The highest BCUT2D eigenvalue weighted by Crippen LogP contribution is 2.00. The molecule has 0 aliphatic carbocycles. The molecule has 0 atom stereocenters. The van der Waals surface area contributed by atoms with Crippen molar-refractivity contribution in [2.24, 2.45) is 0 Å². The number of benzene rings is 1. The molecule has 0 saturated carbocycles. The van der Waals surface area contributed by atoms with Crippen molar-refractivity contribution < 1.29 is 4.79 Å². The van der Waals surface area contributed by atoms with Crippen LogP contribution in [0.15, 0.2) is 36.5 Å². The van der Waals surface area contributed by atoms with Gasteiger partial charge in [-0.15, -0.1) is 0 Å². The molecule has 0 aromatic heterocycles. The Labute approximate surface area is 109 Å². The van der Waals surface area contributed by atoms with Crippen LogP contribution in [0.5, 0.6) is 0 Å². The van der Waals surface area contributed by atoms with Gasteiger partial charge in [0.15, 0.2) is 0 Å². The number of amides is 2. The lowest BCUT2D eigenvalue weighted by atomic mass is 10.2. The zero-order valence-electron chi connectivity index (χ0n) is 11.2. The van der Waals surface area contributed by atoms with Crippen LogP contribution >= 0.6 is 0 Å². The Balaban J connectivity index is 2.46. The van der Waals surface area contributed by atoms with E-state index in [1.807, 2.05) is 41.3 Å². The third kappa shape index (κ3) is 5.04. The Bertz CT molecular complexity index is 367. The lowest BCUT2D eigenvalue weighted by Crippen LogP contribution is -2.38. The summed E-state index contributed by atoms with van der Waals surface area (Å²) < 4.78 is 0. The van der Waals surface area contributed by atoms with E-state index in [9.17, 15) is 4.79 Å². The summed E-state index contributed by atoms with van der Waals surface area (Å²) >= 11 is 0. The number of nitrogens with zero attached hydrogens (tertiary/aromatic N) is 1. The zero-order chi connectivity index (χ0) is 13.2. The predicted octanol–water partition coefficient (Wildman–Crippen LogP) is 3.49. The molecule has 0 saturated heterocycles. The first-order valence-corrected chi connectivity index (χ1v) is 6.55. The van der Waals surface area contributed by atoms with Crippen molar-refractivity contribution in [1.29, 1.82) is 0 Å². The van der Waals surface area contributed by atoms with Gasteiger partial charge in [-0.05, 0) is 24.5 Å². The molecule has 2 amide bonds. The topological polar surface area (TPSA) is 32.3 Å². The summed E-state index contributed by atoms with van der Waals surface area (Å²) in [6.45, 7) is 5.77. The minimum absolute atomic E-state index is 0.0223. The fourth-order valence-corrected chi connectivity index (χ4v) is 1.72. The number of carbonyl (C=O) groups is 1. The molecule has 3 heteroatoms. The molecule has 1 N–H and O–H groups in total. The van der Waals surface area contributed by atoms with Crippen molar-refractivity contribution in [1.82, 2.24) is 10.2 Å². The monoisotopic (exact) mass is 246 g/mol. The third-order valence-electron chi connectivity index (χ3n) is 2.56. The lowest BCUT2D eigenvalue weighted by Gasteiger charge is -2.20. The van der Waals surface area contributed by atoms with E-state index >= 15 is 0 Å². The van der Waals surface area contributed by atoms with Crippen molar-refractivity contribution in [2.45, 2.75) is 26.7 Å². The van der Waals surface area contributed by atoms with Gasteiger partial charge in [-0.25, -0.2) is 4.79 Å².